The molecule has 1 saturated carbocycles. The van der Waals surface area contributed by atoms with Gasteiger partial charge in [-0.2, -0.15) is 0 Å². The first kappa shape index (κ1) is 20.1. The molecule has 1 aromatic rings. The van der Waals surface area contributed by atoms with Gasteiger partial charge in [-0.25, -0.2) is 4.98 Å². The number of carbonyl (C=O) groups is 1. The van der Waals surface area contributed by atoms with Crippen molar-refractivity contribution in [1.29, 1.82) is 0 Å². The minimum absolute atomic E-state index is 0.0261. The van der Waals surface area contributed by atoms with Crippen molar-refractivity contribution in [2.24, 2.45) is 11.8 Å². The minimum Gasteiger partial charge on any atom is -0.357 e. The second-order valence-electron chi connectivity index (χ2n) is 8.48. The molecule has 0 aromatic carbocycles. The highest BCUT2D eigenvalue weighted by Gasteiger charge is 2.24. The van der Waals surface area contributed by atoms with Crippen molar-refractivity contribution in [3.05, 3.63) is 17.7 Å². The van der Waals surface area contributed by atoms with E-state index in [-0.39, 0.29) is 11.8 Å². The Morgan fingerprint density at radius 1 is 1.25 bits per heavy atom. The second-order valence-corrected chi connectivity index (χ2v) is 9.56. The highest BCUT2D eigenvalue weighted by molar-refractivity contribution is 7.99. The van der Waals surface area contributed by atoms with Crippen LogP contribution < -0.4 is 10.2 Å². The summed E-state index contributed by atoms with van der Waals surface area (Å²) < 4.78 is 8.67. The number of carbonyl (C=O) groups excluding carboxylic acids is 1. The van der Waals surface area contributed by atoms with Gasteiger partial charge in [0.05, 0.1) is 5.56 Å². The van der Waals surface area contributed by atoms with Crippen LogP contribution in [0.1, 0.15) is 83.9 Å². The van der Waals surface area contributed by atoms with Gasteiger partial charge in [0.25, 0.3) is 5.91 Å². The van der Waals surface area contributed by atoms with E-state index in [1.807, 2.05) is 12.1 Å². The molecule has 3 rings (SSSR count). The quantitative estimate of drug-likeness (QED) is 0.608. The zero-order chi connectivity index (χ0) is 20.9. The average Bonchev–Trinajstić information content (AvgIpc) is 2.73. The van der Waals surface area contributed by atoms with Crippen molar-refractivity contribution in [1.82, 2.24) is 10.3 Å². The SMILES string of the molecule is [2H]C1(C(C)C)CCN(c2ccc(C(=O)NC3CCCCC3)c(SCCC)n2)CC1. The summed E-state index contributed by atoms with van der Waals surface area (Å²) in [7, 11) is 0. The topological polar surface area (TPSA) is 45.2 Å². The Hall–Kier alpha value is -1.23. The van der Waals surface area contributed by atoms with Gasteiger partial charge in [-0.15, -0.1) is 11.8 Å². The number of pyridine rings is 1. The first-order valence-electron chi connectivity index (χ1n) is 11.6. The standard InChI is InChI=1S/C23H37N3OS/c1-4-16-28-23-20(22(27)24-19-8-6-5-7-9-19)10-11-21(25-23)26-14-12-18(13-15-26)17(2)3/h10-11,17-19H,4-9,12-16H2,1-3H3,(H,24,27)/i18D. The minimum atomic E-state index is -0.323. The van der Waals surface area contributed by atoms with Crippen molar-refractivity contribution in [3.63, 3.8) is 0 Å². The van der Waals surface area contributed by atoms with Crippen molar-refractivity contribution < 1.29 is 6.17 Å². The Labute approximate surface area is 176 Å². The van der Waals surface area contributed by atoms with Gasteiger partial charge in [0.15, 0.2) is 0 Å². The van der Waals surface area contributed by atoms with E-state index < -0.39 is 0 Å². The third-order valence-electron chi connectivity index (χ3n) is 6.02. The lowest BCUT2D eigenvalue weighted by Crippen LogP contribution is -2.37. The summed E-state index contributed by atoms with van der Waals surface area (Å²) in [6.07, 6.45) is 8.68. The number of aromatic nitrogens is 1. The summed E-state index contributed by atoms with van der Waals surface area (Å²) in [5.74, 6) is 1.99. The molecule has 0 unspecified atom stereocenters. The molecule has 1 saturated heterocycles. The van der Waals surface area contributed by atoms with E-state index in [1.54, 1.807) is 11.8 Å². The van der Waals surface area contributed by atoms with Gasteiger partial charge in [0, 0.05) is 20.5 Å². The summed E-state index contributed by atoms with van der Waals surface area (Å²) >= 11 is 1.68. The molecule has 5 heteroatoms. The fourth-order valence-electron chi connectivity index (χ4n) is 4.20. The lowest BCUT2D eigenvalue weighted by molar-refractivity contribution is 0.0924. The van der Waals surface area contributed by atoms with Gasteiger partial charge in [0.1, 0.15) is 10.8 Å². The Morgan fingerprint density at radius 3 is 2.61 bits per heavy atom. The van der Waals surface area contributed by atoms with Crippen LogP contribution in [0, 0.1) is 11.8 Å². The van der Waals surface area contributed by atoms with E-state index in [0.717, 1.165) is 61.8 Å². The van der Waals surface area contributed by atoms with E-state index in [0.29, 0.717) is 17.5 Å². The lowest BCUT2D eigenvalue weighted by Gasteiger charge is -2.34. The molecule has 0 bridgehead atoms. The van der Waals surface area contributed by atoms with Gasteiger partial charge in [-0.3, -0.25) is 4.79 Å². The number of hydrogen-bond acceptors (Lipinski definition) is 4. The molecule has 0 atom stereocenters. The van der Waals surface area contributed by atoms with Crippen LogP contribution in [-0.2, 0) is 0 Å². The molecule has 2 aliphatic rings. The number of rotatable bonds is 7. The number of nitrogens with zero attached hydrogens (tertiary/aromatic N) is 2. The number of nitrogens with one attached hydrogen (secondary N) is 1. The molecule has 1 aromatic heterocycles. The zero-order valence-corrected chi connectivity index (χ0v) is 18.6. The number of anilines is 1. The van der Waals surface area contributed by atoms with E-state index in [4.69, 9.17) is 6.35 Å². The molecule has 0 radical (unpaired) electrons. The Bertz CT molecular complexity index is 683. The number of amides is 1. The van der Waals surface area contributed by atoms with E-state index in [1.165, 1.54) is 19.3 Å². The highest BCUT2D eigenvalue weighted by Crippen LogP contribution is 2.30. The molecular weight excluding hydrogens is 366 g/mol. The molecule has 2 heterocycles. The summed E-state index contributed by atoms with van der Waals surface area (Å²) in [4.78, 5) is 20.1. The molecule has 2 fully saturated rings. The monoisotopic (exact) mass is 404 g/mol. The van der Waals surface area contributed by atoms with Crippen molar-refractivity contribution >= 4 is 23.5 Å². The van der Waals surface area contributed by atoms with Gasteiger partial charge >= 0.3 is 0 Å². The molecule has 1 N–H and O–H groups in total. The molecule has 1 amide bonds. The van der Waals surface area contributed by atoms with Crippen molar-refractivity contribution in [2.75, 3.05) is 23.7 Å². The largest absolute Gasteiger partial charge is 0.357 e. The number of thioether (sulfide) groups is 1. The molecule has 1 aliphatic carbocycles. The first-order chi connectivity index (χ1) is 13.9. The molecular formula is C23H37N3OS. The predicted octanol–water partition coefficient (Wildman–Crippen LogP) is 5.52. The van der Waals surface area contributed by atoms with Crippen molar-refractivity contribution in [3.8, 4) is 0 Å². The average molecular weight is 405 g/mol. The highest BCUT2D eigenvalue weighted by atomic mass is 32.2. The van der Waals surface area contributed by atoms with E-state index in [9.17, 15) is 4.79 Å². The predicted molar refractivity (Wildman–Crippen MR) is 119 cm³/mol. The lowest BCUT2D eigenvalue weighted by atomic mass is 9.87. The maximum absolute atomic E-state index is 12.9. The summed E-state index contributed by atoms with van der Waals surface area (Å²) in [6, 6.07) is 4.27. The van der Waals surface area contributed by atoms with Gasteiger partial charge in [-0.1, -0.05) is 40.0 Å². The summed E-state index contributed by atoms with van der Waals surface area (Å²) in [5, 5.41) is 4.09. The molecule has 4 nitrogen and oxygen atoms in total. The Kier molecular flexibility index (Phi) is 7.54. The third kappa shape index (κ3) is 5.65. The number of hydrogen-bond donors (Lipinski definition) is 1. The van der Waals surface area contributed by atoms with E-state index >= 15 is 0 Å². The van der Waals surface area contributed by atoms with Crippen LogP contribution in [0.2, 0.25) is 0 Å². The van der Waals surface area contributed by atoms with Gasteiger partial charge in [0.2, 0.25) is 0 Å². The third-order valence-corrected chi connectivity index (χ3v) is 7.22. The van der Waals surface area contributed by atoms with Gasteiger partial charge < -0.3 is 10.2 Å². The molecule has 28 heavy (non-hydrogen) atoms. The van der Waals surface area contributed by atoms with Crippen LogP contribution in [0.15, 0.2) is 17.2 Å². The van der Waals surface area contributed by atoms with Crippen LogP contribution in [0.5, 0.6) is 0 Å². The van der Waals surface area contributed by atoms with Gasteiger partial charge in [-0.05, 0) is 61.8 Å². The van der Waals surface area contributed by atoms with Crippen LogP contribution >= 0.6 is 11.8 Å². The van der Waals surface area contributed by atoms with Crippen LogP contribution in [-0.4, -0.2) is 35.8 Å². The maximum atomic E-state index is 12.9. The smallest absolute Gasteiger partial charge is 0.254 e. The normalized spacial score (nSPS) is 20.9. The fraction of sp³-hybridized carbons (Fsp3) is 0.739. The first-order valence-corrected chi connectivity index (χ1v) is 12.1. The maximum Gasteiger partial charge on any atom is 0.254 e. The van der Waals surface area contributed by atoms with Crippen LogP contribution in [0.25, 0.3) is 0 Å². The fourth-order valence-corrected chi connectivity index (χ4v) is 5.07. The van der Waals surface area contributed by atoms with Crippen LogP contribution in [0.4, 0.5) is 5.82 Å². The van der Waals surface area contributed by atoms with E-state index in [2.05, 4.69) is 31.0 Å². The summed E-state index contributed by atoms with van der Waals surface area (Å²) in [6.45, 7) is 8.18. The number of piperidine rings is 1. The second kappa shape index (κ2) is 10.5. The Morgan fingerprint density at radius 2 is 1.96 bits per heavy atom. The molecule has 156 valence electrons. The van der Waals surface area contributed by atoms with Crippen molar-refractivity contribution in [2.45, 2.75) is 83.2 Å². The zero-order valence-electron chi connectivity index (χ0n) is 18.8. The Balaban J connectivity index is 1.72. The molecule has 0 spiro atoms. The van der Waals surface area contributed by atoms with Crippen LogP contribution in [0.3, 0.4) is 0 Å². The summed E-state index contributed by atoms with van der Waals surface area (Å²) in [5.41, 5.74) is 0.715. The molecule has 1 aliphatic heterocycles.